The highest BCUT2D eigenvalue weighted by Gasteiger charge is 2.12. The molecule has 0 unspecified atom stereocenters. The molecule has 142 valence electrons. The number of amides is 1. The smallest absolute Gasteiger partial charge is 0.229 e. The highest BCUT2D eigenvalue weighted by atomic mass is 16.6. The summed E-state index contributed by atoms with van der Waals surface area (Å²) in [7, 11) is 0. The Kier molecular flexibility index (Phi) is 5.10. The molecule has 0 spiro atoms. The van der Waals surface area contributed by atoms with Crippen LogP contribution in [0.15, 0.2) is 60.8 Å². The number of nitrogens with one attached hydrogen (secondary N) is 2. The van der Waals surface area contributed by atoms with Crippen LogP contribution in [-0.2, 0) is 11.2 Å². The minimum Gasteiger partial charge on any atom is -0.486 e. The summed E-state index contributed by atoms with van der Waals surface area (Å²) in [6.07, 6.45) is 2.01. The monoisotopic (exact) mass is 375 g/mol. The lowest BCUT2D eigenvalue weighted by atomic mass is 10.1. The van der Waals surface area contributed by atoms with Gasteiger partial charge >= 0.3 is 0 Å². The van der Waals surface area contributed by atoms with E-state index in [0.717, 1.165) is 34.0 Å². The summed E-state index contributed by atoms with van der Waals surface area (Å²) in [5, 5.41) is 6.11. The van der Waals surface area contributed by atoms with Gasteiger partial charge in [-0.15, -0.1) is 0 Å². The molecule has 28 heavy (non-hydrogen) atoms. The minimum atomic E-state index is -0.0886. The van der Waals surface area contributed by atoms with Crippen molar-refractivity contribution >= 4 is 23.1 Å². The Morgan fingerprint density at radius 3 is 2.57 bits per heavy atom. The first kappa shape index (κ1) is 17.9. The maximum absolute atomic E-state index is 12.3. The zero-order chi connectivity index (χ0) is 19.3. The van der Waals surface area contributed by atoms with Crippen LogP contribution in [0.5, 0.6) is 11.5 Å². The van der Waals surface area contributed by atoms with Gasteiger partial charge in [0, 0.05) is 11.8 Å². The molecule has 4 rings (SSSR count). The second-order valence-electron chi connectivity index (χ2n) is 6.57. The Morgan fingerprint density at radius 1 is 1.00 bits per heavy atom. The Bertz CT molecular complexity index is 987. The highest BCUT2D eigenvalue weighted by Crippen LogP contribution is 2.33. The van der Waals surface area contributed by atoms with Crippen LogP contribution in [0.3, 0.4) is 0 Å². The number of ether oxygens (including phenoxy) is 2. The van der Waals surface area contributed by atoms with Crippen LogP contribution in [0.25, 0.3) is 0 Å². The van der Waals surface area contributed by atoms with Gasteiger partial charge in [0.1, 0.15) is 19.0 Å². The van der Waals surface area contributed by atoms with Gasteiger partial charge in [-0.1, -0.05) is 24.3 Å². The van der Waals surface area contributed by atoms with Crippen LogP contribution in [-0.4, -0.2) is 24.1 Å². The molecule has 6 nitrogen and oxygen atoms in total. The van der Waals surface area contributed by atoms with Gasteiger partial charge in [0.15, 0.2) is 11.5 Å². The molecular weight excluding hydrogens is 354 g/mol. The lowest BCUT2D eigenvalue weighted by Crippen LogP contribution is -2.16. The Hall–Kier alpha value is -3.54. The van der Waals surface area contributed by atoms with E-state index >= 15 is 0 Å². The average molecular weight is 375 g/mol. The lowest BCUT2D eigenvalue weighted by Gasteiger charge is -2.19. The number of aryl methyl sites for hydroxylation is 1. The summed E-state index contributed by atoms with van der Waals surface area (Å²) >= 11 is 0. The summed E-state index contributed by atoms with van der Waals surface area (Å²) in [4.78, 5) is 16.6. The van der Waals surface area contributed by atoms with Crippen molar-refractivity contribution in [1.82, 2.24) is 4.98 Å². The molecule has 1 amide bonds. The summed E-state index contributed by atoms with van der Waals surface area (Å²) in [5.41, 5.74) is 3.80. The van der Waals surface area contributed by atoms with Crippen LogP contribution in [0, 0.1) is 6.92 Å². The van der Waals surface area contributed by atoms with E-state index < -0.39 is 0 Å². The van der Waals surface area contributed by atoms with E-state index in [0.29, 0.717) is 25.5 Å². The van der Waals surface area contributed by atoms with Crippen LogP contribution in [0.1, 0.15) is 11.1 Å². The Balaban J connectivity index is 1.37. The second-order valence-corrected chi connectivity index (χ2v) is 6.57. The van der Waals surface area contributed by atoms with Crippen LogP contribution in [0.4, 0.5) is 17.2 Å². The van der Waals surface area contributed by atoms with E-state index in [1.165, 1.54) is 0 Å². The van der Waals surface area contributed by atoms with Crippen molar-refractivity contribution < 1.29 is 14.3 Å². The number of carbonyl (C=O) groups excluding carboxylic acids is 1. The minimum absolute atomic E-state index is 0.0886. The van der Waals surface area contributed by atoms with Crippen molar-refractivity contribution in [3.05, 3.63) is 71.9 Å². The van der Waals surface area contributed by atoms with Crippen molar-refractivity contribution in [1.29, 1.82) is 0 Å². The van der Waals surface area contributed by atoms with Gasteiger partial charge in [-0.2, -0.15) is 0 Å². The fourth-order valence-corrected chi connectivity index (χ4v) is 3.00. The summed E-state index contributed by atoms with van der Waals surface area (Å²) in [5.74, 6) is 1.91. The summed E-state index contributed by atoms with van der Waals surface area (Å²) < 4.78 is 11.1. The number of benzene rings is 2. The highest BCUT2D eigenvalue weighted by molar-refractivity contribution is 5.91. The number of rotatable bonds is 5. The van der Waals surface area contributed by atoms with Crippen molar-refractivity contribution in [2.24, 2.45) is 0 Å². The Labute approximate surface area is 163 Å². The second kappa shape index (κ2) is 8.00. The van der Waals surface area contributed by atoms with Gasteiger partial charge in [0.05, 0.1) is 18.3 Å². The SMILES string of the molecule is Cc1ccccc1CC(=O)Nc1ccc(Nc2ccc3c(c2)OCCO3)cn1. The molecule has 2 aromatic carbocycles. The fourth-order valence-electron chi connectivity index (χ4n) is 3.00. The van der Waals surface area contributed by atoms with Crippen molar-refractivity contribution in [3.63, 3.8) is 0 Å². The number of hydrogen-bond acceptors (Lipinski definition) is 5. The molecular formula is C22H21N3O3. The molecule has 0 fully saturated rings. The lowest BCUT2D eigenvalue weighted by molar-refractivity contribution is -0.115. The molecule has 0 aliphatic carbocycles. The normalized spacial score (nSPS) is 12.3. The quantitative estimate of drug-likeness (QED) is 0.703. The van der Waals surface area contributed by atoms with Crippen molar-refractivity contribution in [2.45, 2.75) is 13.3 Å². The first-order chi connectivity index (χ1) is 13.7. The number of fused-ring (bicyclic) bond motifs is 1. The molecule has 0 saturated heterocycles. The molecule has 2 N–H and O–H groups in total. The van der Waals surface area contributed by atoms with Crippen molar-refractivity contribution in [2.75, 3.05) is 23.8 Å². The third-order valence-electron chi connectivity index (χ3n) is 4.47. The topological polar surface area (TPSA) is 72.5 Å². The first-order valence-corrected chi connectivity index (χ1v) is 9.14. The molecule has 0 saturated carbocycles. The molecule has 6 heteroatoms. The third kappa shape index (κ3) is 4.23. The molecule has 0 radical (unpaired) electrons. The number of carbonyl (C=O) groups is 1. The molecule has 1 aromatic heterocycles. The van der Waals surface area contributed by atoms with Gasteiger partial charge < -0.3 is 20.1 Å². The predicted molar refractivity (Wildman–Crippen MR) is 108 cm³/mol. The third-order valence-corrected chi connectivity index (χ3v) is 4.47. The van der Waals surface area contributed by atoms with Gasteiger partial charge in [0.2, 0.25) is 5.91 Å². The number of pyridine rings is 1. The van der Waals surface area contributed by atoms with E-state index in [-0.39, 0.29) is 5.91 Å². The zero-order valence-corrected chi connectivity index (χ0v) is 15.6. The van der Waals surface area contributed by atoms with Crippen LogP contribution >= 0.6 is 0 Å². The average Bonchev–Trinajstić information content (AvgIpc) is 2.71. The van der Waals surface area contributed by atoms with E-state index in [1.54, 1.807) is 12.3 Å². The van der Waals surface area contributed by atoms with E-state index in [2.05, 4.69) is 15.6 Å². The standard InChI is InChI=1S/C22H21N3O3/c1-15-4-2-3-5-16(15)12-22(26)25-21-9-7-18(14-23-21)24-17-6-8-19-20(13-17)28-11-10-27-19/h2-9,13-14,24H,10-12H2,1H3,(H,23,25,26). The van der Waals surface area contributed by atoms with Gasteiger partial charge in [-0.3, -0.25) is 4.79 Å². The fraction of sp³-hybridized carbons (Fsp3) is 0.182. The zero-order valence-electron chi connectivity index (χ0n) is 15.6. The molecule has 0 bridgehead atoms. The first-order valence-electron chi connectivity index (χ1n) is 9.14. The van der Waals surface area contributed by atoms with Crippen LogP contribution in [0.2, 0.25) is 0 Å². The molecule has 2 heterocycles. The van der Waals surface area contributed by atoms with E-state index in [4.69, 9.17) is 9.47 Å². The van der Waals surface area contributed by atoms with Gasteiger partial charge in [0.25, 0.3) is 0 Å². The number of nitrogens with zero attached hydrogens (tertiary/aromatic N) is 1. The number of hydrogen-bond donors (Lipinski definition) is 2. The molecule has 1 aliphatic rings. The molecule has 3 aromatic rings. The maximum Gasteiger partial charge on any atom is 0.229 e. The molecule has 1 aliphatic heterocycles. The largest absolute Gasteiger partial charge is 0.486 e. The summed E-state index contributed by atoms with van der Waals surface area (Å²) in [6.45, 7) is 3.12. The van der Waals surface area contributed by atoms with E-state index in [9.17, 15) is 4.79 Å². The predicted octanol–water partition coefficient (Wildman–Crippen LogP) is 4.09. The van der Waals surface area contributed by atoms with Crippen LogP contribution < -0.4 is 20.1 Å². The van der Waals surface area contributed by atoms with Gasteiger partial charge in [-0.25, -0.2) is 4.98 Å². The number of aromatic nitrogens is 1. The van der Waals surface area contributed by atoms with E-state index in [1.807, 2.05) is 55.5 Å². The van der Waals surface area contributed by atoms with Crippen molar-refractivity contribution in [3.8, 4) is 11.5 Å². The van der Waals surface area contributed by atoms with Gasteiger partial charge in [-0.05, 0) is 42.3 Å². The Morgan fingerprint density at radius 2 is 1.79 bits per heavy atom. The molecule has 0 atom stereocenters. The summed E-state index contributed by atoms with van der Waals surface area (Å²) in [6, 6.07) is 17.2. The number of anilines is 3. The maximum atomic E-state index is 12.3.